The SMILES string of the molecule is O=C(COC(=O)[C@H]1CC(=O)N(c2cccc(Cl)c2Cl)C1)Nc1cc(C(F)(F)F)ccc1Cl. The van der Waals surface area contributed by atoms with E-state index >= 15 is 0 Å². The average molecular weight is 510 g/mol. The second-order valence-electron chi connectivity index (χ2n) is 6.83. The molecule has 0 aliphatic carbocycles. The number of benzene rings is 2. The molecule has 0 spiro atoms. The summed E-state index contributed by atoms with van der Waals surface area (Å²) in [6.45, 7) is -0.799. The third-order valence-electron chi connectivity index (χ3n) is 4.59. The normalized spacial score (nSPS) is 16.2. The number of halogens is 6. The molecule has 1 aliphatic heterocycles. The lowest BCUT2D eigenvalue weighted by Crippen LogP contribution is -2.28. The molecule has 2 aromatic rings. The summed E-state index contributed by atoms with van der Waals surface area (Å²) in [5.74, 6) is -2.94. The van der Waals surface area contributed by atoms with Gasteiger partial charge in [0.25, 0.3) is 5.91 Å². The molecule has 1 saturated heterocycles. The minimum atomic E-state index is -4.62. The Morgan fingerprint density at radius 1 is 1.12 bits per heavy atom. The van der Waals surface area contributed by atoms with Gasteiger partial charge < -0.3 is 15.0 Å². The van der Waals surface area contributed by atoms with Crippen molar-refractivity contribution in [2.45, 2.75) is 12.6 Å². The molecule has 1 heterocycles. The Morgan fingerprint density at radius 3 is 2.53 bits per heavy atom. The van der Waals surface area contributed by atoms with Gasteiger partial charge in [0.15, 0.2) is 6.61 Å². The van der Waals surface area contributed by atoms with Gasteiger partial charge in [0.1, 0.15) is 0 Å². The largest absolute Gasteiger partial charge is 0.455 e. The van der Waals surface area contributed by atoms with Crippen LogP contribution in [0.1, 0.15) is 12.0 Å². The van der Waals surface area contributed by atoms with Crippen LogP contribution < -0.4 is 10.2 Å². The van der Waals surface area contributed by atoms with Crippen LogP contribution >= 0.6 is 34.8 Å². The smallest absolute Gasteiger partial charge is 0.416 e. The molecule has 2 amide bonds. The molecule has 12 heteroatoms. The van der Waals surface area contributed by atoms with E-state index in [1.54, 1.807) is 18.2 Å². The highest BCUT2D eigenvalue weighted by molar-refractivity contribution is 6.44. The molecule has 32 heavy (non-hydrogen) atoms. The standard InChI is InChI=1S/C20H14Cl3F3N2O4/c21-12-5-4-11(20(24,25)26)7-14(12)27-16(29)9-32-19(31)10-6-17(30)28(8-10)15-3-1-2-13(22)18(15)23/h1-5,7,10H,6,8-9H2,(H,27,29)/t10-/m0/s1. The molecule has 0 aromatic heterocycles. The monoisotopic (exact) mass is 508 g/mol. The fourth-order valence-corrected chi connectivity index (χ4v) is 3.60. The topological polar surface area (TPSA) is 75.7 Å². The lowest BCUT2D eigenvalue weighted by molar-refractivity contribution is -0.151. The van der Waals surface area contributed by atoms with E-state index in [0.29, 0.717) is 11.8 Å². The number of hydrogen-bond donors (Lipinski definition) is 1. The van der Waals surface area contributed by atoms with E-state index in [0.717, 1.165) is 12.1 Å². The summed E-state index contributed by atoms with van der Waals surface area (Å²) in [6.07, 6.45) is -4.79. The summed E-state index contributed by atoms with van der Waals surface area (Å²) in [6, 6.07) is 7.16. The predicted octanol–water partition coefficient (Wildman–Crippen LogP) is 5.20. The van der Waals surface area contributed by atoms with Crippen molar-refractivity contribution in [1.29, 1.82) is 0 Å². The fraction of sp³-hybridized carbons (Fsp3) is 0.250. The number of rotatable bonds is 5. The van der Waals surface area contributed by atoms with Gasteiger partial charge in [-0.3, -0.25) is 14.4 Å². The minimum absolute atomic E-state index is 0.0290. The molecule has 170 valence electrons. The number of hydrogen-bond acceptors (Lipinski definition) is 4. The van der Waals surface area contributed by atoms with Crippen LogP contribution in [0.3, 0.4) is 0 Å². The minimum Gasteiger partial charge on any atom is -0.455 e. The molecular weight excluding hydrogens is 496 g/mol. The Hall–Kier alpha value is -2.49. The van der Waals surface area contributed by atoms with Crippen molar-refractivity contribution in [2.75, 3.05) is 23.4 Å². The summed E-state index contributed by atoms with van der Waals surface area (Å²) in [7, 11) is 0. The maximum Gasteiger partial charge on any atom is 0.416 e. The van der Waals surface area contributed by atoms with E-state index in [4.69, 9.17) is 39.5 Å². The van der Waals surface area contributed by atoms with Crippen molar-refractivity contribution in [2.24, 2.45) is 5.92 Å². The number of ether oxygens (including phenoxy) is 1. The molecule has 0 unspecified atom stereocenters. The van der Waals surface area contributed by atoms with Crippen molar-refractivity contribution >= 4 is 64.0 Å². The third kappa shape index (κ3) is 5.46. The molecular formula is C20H14Cl3F3N2O4. The second-order valence-corrected chi connectivity index (χ2v) is 8.02. The van der Waals surface area contributed by atoms with E-state index < -0.39 is 36.1 Å². The summed E-state index contributed by atoms with van der Waals surface area (Å²) in [5, 5.41) is 2.46. The van der Waals surface area contributed by atoms with Gasteiger partial charge in [-0.2, -0.15) is 13.2 Å². The Bertz CT molecular complexity index is 1080. The zero-order valence-corrected chi connectivity index (χ0v) is 18.3. The second kappa shape index (κ2) is 9.56. The molecule has 1 atom stereocenters. The van der Waals surface area contributed by atoms with E-state index in [-0.39, 0.29) is 39.6 Å². The Labute approximate surface area is 195 Å². The number of alkyl halides is 3. The first kappa shape index (κ1) is 24.2. The van der Waals surface area contributed by atoms with Crippen LogP contribution in [0.5, 0.6) is 0 Å². The van der Waals surface area contributed by atoms with Crippen molar-refractivity contribution < 1.29 is 32.3 Å². The van der Waals surface area contributed by atoms with Gasteiger partial charge in [0.2, 0.25) is 5.91 Å². The van der Waals surface area contributed by atoms with E-state index in [2.05, 4.69) is 5.32 Å². The zero-order valence-electron chi connectivity index (χ0n) is 16.0. The van der Waals surface area contributed by atoms with Crippen LogP contribution in [-0.2, 0) is 25.3 Å². The maximum absolute atomic E-state index is 12.8. The number of carbonyl (C=O) groups is 3. The highest BCUT2D eigenvalue weighted by atomic mass is 35.5. The summed E-state index contributed by atoms with van der Waals surface area (Å²) in [4.78, 5) is 38.0. The van der Waals surface area contributed by atoms with Gasteiger partial charge in [-0.25, -0.2) is 0 Å². The molecule has 0 bridgehead atoms. The molecule has 1 aliphatic rings. The number of carbonyl (C=O) groups excluding carboxylic acids is 3. The zero-order chi connectivity index (χ0) is 23.6. The lowest BCUT2D eigenvalue weighted by Gasteiger charge is -2.18. The Kier molecular flexibility index (Phi) is 7.22. The lowest BCUT2D eigenvalue weighted by atomic mass is 10.1. The number of anilines is 2. The highest BCUT2D eigenvalue weighted by Crippen LogP contribution is 2.36. The van der Waals surface area contributed by atoms with Crippen molar-refractivity contribution in [3.05, 3.63) is 57.0 Å². The maximum atomic E-state index is 12.8. The van der Waals surface area contributed by atoms with E-state index in [1.165, 1.54) is 4.90 Å². The average Bonchev–Trinajstić information content (AvgIpc) is 3.10. The van der Waals surface area contributed by atoms with Crippen LogP contribution in [-0.4, -0.2) is 30.9 Å². The van der Waals surface area contributed by atoms with Gasteiger partial charge in [0.05, 0.1) is 37.9 Å². The molecule has 0 saturated carbocycles. The summed E-state index contributed by atoms with van der Waals surface area (Å²) in [5.41, 5.74) is -0.935. The third-order valence-corrected chi connectivity index (χ3v) is 5.73. The molecule has 0 radical (unpaired) electrons. The number of nitrogens with zero attached hydrogens (tertiary/aromatic N) is 1. The molecule has 6 nitrogen and oxygen atoms in total. The van der Waals surface area contributed by atoms with Crippen LogP contribution in [0, 0.1) is 5.92 Å². The number of amides is 2. The summed E-state index contributed by atoms with van der Waals surface area (Å²) < 4.78 is 43.4. The first-order chi connectivity index (χ1) is 15.0. The molecule has 1 fully saturated rings. The quantitative estimate of drug-likeness (QED) is 0.562. The Balaban J connectivity index is 1.59. The van der Waals surface area contributed by atoms with Gasteiger partial charge >= 0.3 is 12.1 Å². The van der Waals surface area contributed by atoms with Crippen LogP contribution in [0.25, 0.3) is 0 Å². The fourth-order valence-electron chi connectivity index (χ4n) is 3.04. The highest BCUT2D eigenvalue weighted by Gasteiger charge is 2.37. The van der Waals surface area contributed by atoms with E-state index in [9.17, 15) is 27.6 Å². The van der Waals surface area contributed by atoms with Crippen molar-refractivity contribution in [3.63, 3.8) is 0 Å². The first-order valence-electron chi connectivity index (χ1n) is 9.05. The molecule has 2 aromatic carbocycles. The van der Waals surface area contributed by atoms with Gasteiger partial charge in [-0.15, -0.1) is 0 Å². The summed E-state index contributed by atoms with van der Waals surface area (Å²) >= 11 is 17.9. The predicted molar refractivity (Wildman–Crippen MR) is 113 cm³/mol. The molecule has 3 rings (SSSR count). The van der Waals surface area contributed by atoms with Gasteiger partial charge in [0, 0.05) is 13.0 Å². The van der Waals surface area contributed by atoms with Gasteiger partial charge in [-0.05, 0) is 30.3 Å². The van der Waals surface area contributed by atoms with Crippen LogP contribution in [0.4, 0.5) is 24.5 Å². The Morgan fingerprint density at radius 2 is 1.84 bits per heavy atom. The molecule has 1 N–H and O–H groups in total. The van der Waals surface area contributed by atoms with E-state index in [1.807, 2.05) is 0 Å². The first-order valence-corrected chi connectivity index (χ1v) is 10.2. The number of esters is 1. The van der Waals surface area contributed by atoms with Crippen molar-refractivity contribution in [3.8, 4) is 0 Å². The number of nitrogens with one attached hydrogen (secondary N) is 1. The van der Waals surface area contributed by atoms with Crippen LogP contribution in [0.2, 0.25) is 15.1 Å². The van der Waals surface area contributed by atoms with Crippen LogP contribution in [0.15, 0.2) is 36.4 Å². The van der Waals surface area contributed by atoms with Crippen molar-refractivity contribution in [1.82, 2.24) is 0 Å². The van der Waals surface area contributed by atoms with Gasteiger partial charge in [-0.1, -0.05) is 40.9 Å².